The topological polar surface area (TPSA) is 67.6 Å². The highest BCUT2D eigenvalue weighted by atomic mass is 16.5. The van der Waals surface area contributed by atoms with Gasteiger partial charge in [-0.25, -0.2) is 0 Å². The first-order valence-corrected chi connectivity index (χ1v) is 7.72. The summed E-state index contributed by atoms with van der Waals surface area (Å²) in [5, 5.41) is 3.08. The molecule has 0 spiro atoms. The molecule has 1 atom stereocenters. The van der Waals surface area contributed by atoms with Crippen molar-refractivity contribution in [3.05, 3.63) is 54.1 Å². The third kappa shape index (κ3) is 3.39. The van der Waals surface area contributed by atoms with Crippen LogP contribution in [0.2, 0.25) is 0 Å². The molecule has 1 saturated heterocycles. The van der Waals surface area contributed by atoms with Gasteiger partial charge in [-0.2, -0.15) is 0 Å². The Morgan fingerprint density at radius 2 is 2.09 bits per heavy atom. The van der Waals surface area contributed by atoms with Crippen molar-refractivity contribution in [2.75, 3.05) is 30.8 Å². The van der Waals surface area contributed by atoms with E-state index in [9.17, 15) is 4.79 Å². The van der Waals surface area contributed by atoms with Crippen molar-refractivity contribution in [2.45, 2.75) is 12.5 Å². The maximum absolute atomic E-state index is 12.3. The largest absolute Gasteiger partial charge is 0.495 e. The number of hydrogen-bond donors (Lipinski definition) is 2. The molecular formula is C18H21N3O2. The van der Waals surface area contributed by atoms with E-state index in [1.54, 1.807) is 31.4 Å². The molecule has 0 aliphatic carbocycles. The van der Waals surface area contributed by atoms with Crippen molar-refractivity contribution >= 4 is 17.3 Å². The molecule has 0 aromatic heterocycles. The predicted molar refractivity (Wildman–Crippen MR) is 91.9 cm³/mol. The van der Waals surface area contributed by atoms with E-state index >= 15 is 0 Å². The van der Waals surface area contributed by atoms with E-state index in [2.05, 4.69) is 10.2 Å². The number of carbonyl (C=O) groups is 1. The number of nitrogen functional groups attached to an aromatic ring is 1. The number of amides is 1. The molecule has 1 heterocycles. The molecule has 0 saturated carbocycles. The molecule has 120 valence electrons. The van der Waals surface area contributed by atoms with Crippen LogP contribution in [0.25, 0.3) is 0 Å². The average molecular weight is 311 g/mol. The van der Waals surface area contributed by atoms with Crippen LogP contribution in [0, 0.1) is 0 Å². The summed E-state index contributed by atoms with van der Waals surface area (Å²) in [5.41, 5.74) is 7.99. The third-order valence-electron chi connectivity index (χ3n) is 4.10. The standard InChI is InChI=1S/C18H21N3O2/c1-23-17-8-3-2-7-16(17)21-10-9-15(12-21)20-18(22)13-5-4-6-14(19)11-13/h2-8,11,15H,9-10,12,19H2,1H3,(H,20,22). The van der Waals surface area contributed by atoms with Gasteiger partial charge in [0.25, 0.3) is 5.91 Å². The number of methoxy groups -OCH3 is 1. The first-order chi connectivity index (χ1) is 11.2. The van der Waals surface area contributed by atoms with E-state index in [0.29, 0.717) is 11.3 Å². The highest BCUT2D eigenvalue weighted by Gasteiger charge is 2.26. The van der Waals surface area contributed by atoms with Gasteiger partial charge in [-0.3, -0.25) is 4.79 Å². The Hall–Kier alpha value is -2.69. The number of carbonyl (C=O) groups excluding carboxylic acids is 1. The van der Waals surface area contributed by atoms with Gasteiger partial charge in [-0.15, -0.1) is 0 Å². The molecule has 2 aromatic rings. The fourth-order valence-corrected chi connectivity index (χ4v) is 2.94. The summed E-state index contributed by atoms with van der Waals surface area (Å²) < 4.78 is 5.41. The summed E-state index contributed by atoms with van der Waals surface area (Å²) in [6.07, 6.45) is 0.909. The lowest BCUT2D eigenvalue weighted by Gasteiger charge is -2.21. The Kier molecular flexibility index (Phi) is 4.37. The molecule has 0 bridgehead atoms. The first kappa shape index (κ1) is 15.2. The van der Waals surface area contributed by atoms with Gasteiger partial charge in [0.15, 0.2) is 0 Å². The Morgan fingerprint density at radius 1 is 1.26 bits per heavy atom. The molecule has 1 fully saturated rings. The van der Waals surface area contributed by atoms with Gasteiger partial charge in [0.05, 0.1) is 12.8 Å². The predicted octanol–water partition coefficient (Wildman–Crippen LogP) is 2.29. The lowest BCUT2D eigenvalue weighted by molar-refractivity contribution is 0.0940. The van der Waals surface area contributed by atoms with Gasteiger partial charge in [-0.05, 0) is 36.8 Å². The van der Waals surface area contributed by atoms with E-state index in [1.807, 2.05) is 24.3 Å². The molecule has 23 heavy (non-hydrogen) atoms. The van der Waals surface area contributed by atoms with Gasteiger partial charge < -0.3 is 20.7 Å². The van der Waals surface area contributed by atoms with Crippen LogP contribution in [0.1, 0.15) is 16.8 Å². The van der Waals surface area contributed by atoms with Crippen molar-refractivity contribution in [1.29, 1.82) is 0 Å². The summed E-state index contributed by atoms with van der Waals surface area (Å²) in [6, 6.07) is 15.1. The summed E-state index contributed by atoms with van der Waals surface area (Å²) in [7, 11) is 1.67. The molecule has 1 unspecified atom stereocenters. The number of rotatable bonds is 4. The quantitative estimate of drug-likeness (QED) is 0.850. The molecule has 3 N–H and O–H groups in total. The van der Waals surface area contributed by atoms with Gasteiger partial charge >= 0.3 is 0 Å². The Balaban J connectivity index is 1.65. The summed E-state index contributed by atoms with van der Waals surface area (Å²) in [4.78, 5) is 14.5. The molecule has 1 amide bonds. The second-order valence-corrected chi connectivity index (χ2v) is 5.70. The maximum Gasteiger partial charge on any atom is 0.251 e. The normalized spacial score (nSPS) is 17.1. The average Bonchev–Trinajstić information content (AvgIpc) is 3.03. The Labute approximate surface area is 136 Å². The minimum absolute atomic E-state index is 0.0795. The monoisotopic (exact) mass is 311 g/mol. The molecule has 1 aliphatic heterocycles. The zero-order chi connectivity index (χ0) is 16.2. The molecule has 3 rings (SSSR count). The molecule has 5 nitrogen and oxygen atoms in total. The van der Waals surface area contributed by atoms with Gasteiger partial charge in [-0.1, -0.05) is 18.2 Å². The van der Waals surface area contributed by atoms with Crippen LogP contribution >= 0.6 is 0 Å². The summed E-state index contributed by atoms with van der Waals surface area (Å²) in [5.74, 6) is 0.777. The fourth-order valence-electron chi connectivity index (χ4n) is 2.94. The second-order valence-electron chi connectivity index (χ2n) is 5.70. The highest BCUT2D eigenvalue weighted by molar-refractivity contribution is 5.95. The van der Waals surface area contributed by atoms with Crippen LogP contribution in [0.15, 0.2) is 48.5 Å². The van der Waals surface area contributed by atoms with Crippen molar-refractivity contribution in [1.82, 2.24) is 5.32 Å². The summed E-state index contributed by atoms with van der Waals surface area (Å²) >= 11 is 0. The van der Waals surface area contributed by atoms with Crippen LogP contribution in [-0.4, -0.2) is 32.1 Å². The molecule has 2 aromatic carbocycles. The van der Waals surface area contributed by atoms with Gasteiger partial charge in [0, 0.05) is 30.4 Å². The minimum Gasteiger partial charge on any atom is -0.495 e. The number of nitrogens with one attached hydrogen (secondary N) is 1. The van der Waals surface area contributed by atoms with E-state index < -0.39 is 0 Å². The lowest BCUT2D eigenvalue weighted by Crippen LogP contribution is -2.37. The zero-order valence-corrected chi connectivity index (χ0v) is 13.2. The van der Waals surface area contributed by atoms with E-state index in [4.69, 9.17) is 10.5 Å². The van der Waals surface area contributed by atoms with E-state index in [0.717, 1.165) is 30.9 Å². The number of hydrogen-bond acceptors (Lipinski definition) is 4. The second kappa shape index (κ2) is 6.60. The SMILES string of the molecule is COc1ccccc1N1CCC(NC(=O)c2cccc(N)c2)C1. The first-order valence-electron chi connectivity index (χ1n) is 7.72. The molecule has 5 heteroatoms. The molecule has 1 aliphatic rings. The van der Waals surface area contributed by atoms with Crippen molar-refractivity contribution in [3.63, 3.8) is 0 Å². The highest BCUT2D eigenvalue weighted by Crippen LogP contribution is 2.30. The number of anilines is 2. The number of benzene rings is 2. The van der Waals surface area contributed by atoms with Crippen molar-refractivity contribution in [2.24, 2.45) is 0 Å². The van der Waals surface area contributed by atoms with E-state index in [-0.39, 0.29) is 11.9 Å². The summed E-state index contributed by atoms with van der Waals surface area (Å²) in [6.45, 7) is 1.66. The van der Waals surface area contributed by atoms with Gasteiger partial charge in [0.2, 0.25) is 0 Å². The maximum atomic E-state index is 12.3. The molecular weight excluding hydrogens is 290 g/mol. The van der Waals surface area contributed by atoms with E-state index in [1.165, 1.54) is 0 Å². The number of nitrogens with zero attached hydrogens (tertiary/aromatic N) is 1. The minimum atomic E-state index is -0.0795. The fraction of sp³-hybridized carbons (Fsp3) is 0.278. The molecule has 0 radical (unpaired) electrons. The van der Waals surface area contributed by atoms with Crippen LogP contribution in [-0.2, 0) is 0 Å². The Morgan fingerprint density at radius 3 is 2.87 bits per heavy atom. The van der Waals surface area contributed by atoms with Crippen molar-refractivity contribution in [3.8, 4) is 5.75 Å². The van der Waals surface area contributed by atoms with Crippen LogP contribution in [0.4, 0.5) is 11.4 Å². The van der Waals surface area contributed by atoms with Crippen LogP contribution in [0.5, 0.6) is 5.75 Å². The number of ether oxygens (including phenoxy) is 1. The number of para-hydroxylation sites is 2. The zero-order valence-electron chi connectivity index (χ0n) is 13.2. The Bertz CT molecular complexity index is 702. The third-order valence-corrected chi connectivity index (χ3v) is 4.10. The van der Waals surface area contributed by atoms with Crippen molar-refractivity contribution < 1.29 is 9.53 Å². The smallest absolute Gasteiger partial charge is 0.251 e. The van der Waals surface area contributed by atoms with Gasteiger partial charge in [0.1, 0.15) is 5.75 Å². The lowest BCUT2D eigenvalue weighted by atomic mass is 10.1. The van der Waals surface area contributed by atoms with Crippen LogP contribution < -0.4 is 20.7 Å². The van der Waals surface area contributed by atoms with Crippen LogP contribution in [0.3, 0.4) is 0 Å². The number of nitrogens with two attached hydrogens (primary N) is 1.